The maximum Gasteiger partial charge on any atom is 0.256 e. The van der Waals surface area contributed by atoms with Crippen molar-refractivity contribution < 1.29 is 13.5 Å². The van der Waals surface area contributed by atoms with Gasteiger partial charge in [0.05, 0.1) is 17.6 Å². The van der Waals surface area contributed by atoms with Crippen LogP contribution in [-0.4, -0.2) is 58.6 Å². The van der Waals surface area contributed by atoms with E-state index in [2.05, 4.69) is 20.5 Å². The van der Waals surface area contributed by atoms with Crippen molar-refractivity contribution in [3.8, 4) is 0 Å². The first kappa shape index (κ1) is 26.1. The smallest absolute Gasteiger partial charge is 0.256 e. The molecule has 0 amide bonds. The second-order valence-electron chi connectivity index (χ2n) is 9.96. The molecule has 0 spiro atoms. The first-order valence-corrected chi connectivity index (χ1v) is 15.1. The normalized spacial score (nSPS) is 14.8. The van der Waals surface area contributed by atoms with Crippen LogP contribution in [0.2, 0.25) is 0 Å². The molecule has 0 atom stereocenters. The Morgan fingerprint density at radius 2 is 1.76 bits per heavy atom. The Labute approximate surface area is 220 Å². The van der Waals surface area contributed by atoms with E-state index >= 15 is 0 Å². The SMILES string of the molecule is CN(c1nccc(=O)n1COP(C)(C)=O)C1CCN(c2nc3ccccc3n2Cc2ccc(F)cc2)CC1. The van der Waals surface area contributed by atoms with Crippen molar-refractivity contribution in [3.05, 3.63) is 82.5 Å². The molecule has 38 heavy (non-hydrogen) atoms. The van der Waals surface area contributed by atoms with Gasteiger partial charge in [0.2, 0.25) is 11.9 Å². The molecule has 1 fully saturated rings. The summed E-state index contributed by atoms with van der Waals surface area (Å²) in [5.74, 6) is 1.13. The zero-order valence-corrected chi connectivity index (χ0v) is 22.7. The predicted octanol–water partition coefficient (Wildman–Crippen LogP) is 4.40. The van der Waals surface area contributed by atoms with Gasteiger partial charge in [-0.2, -0.15) is 0 Å². The number of rotatable bonds is 8. The van der Waals surface area contributed by atoms with Crippen molar-refractivity contribution in [3.63, 3.8) is 0 Å². The van der Waals surface area contributed by atoms with Gasteiger partial charge < -0.3 is 18.9 Å². The van der Waals surface area contributed by atoms with Gasteiger partial charge >= 0.3 is 0 Å². The molecule has 5 rings (SSSR count). The maximum absolute atomic E-state index is 13.5. The van der Waals surface area contributed by atoms with Gasteiger partial charge in [0.15, 0.2) is 7.37 Å². The highest BCUT2D eigenvalue weighted by Gasteiger charge is 2.28. The second kappa shape index (κ2) is 10.7. The summed E-state index contributed by atoms with van der Waals surface area (Å²) in [5, 5.41) is 0. The molecule has 200 valence electrons. The third-order valence-electron chi connectivity index (χ3n) is 6.91. The van der Waals surface area contributed by atoms with E-state index in [1.807, 2.05) is 30.1 Å². The molecular weight excluding hydrogens is 506 g/mol. The van der Waals surface area contributed by atoms with Gasteiger partial charge in [-0.1, -0.05) is 24.3 Å². The van der Waals surface area contributed by atoms with E-state index in [-0.39, 0.29) is 24.1 Å². The number of fused-ring (bicyclic) bond motifs is 1. The van der Waals surface area contributed by atoms with Crippen molar-refractivity contribution in [1.82, 2.24) is 19.1 Å². The number of imidazole rings is 1. The number of nitrogens with zero attached hydrogens (tertiary/aromatic N) is 6. The molecule has 1 aliphatic heterocycles. The number of halogens is 1. The predicted molar refractivity (Wildman–Crippen MR) is 148 cm³/mol. The van der Waals surface area contributed by atoms with Gasteiger partial charge in [-0.15, -0.1) is 0 Å². The maximum atomic E-state index is 13.5. The van der Waals surface area contributed by atoms with Crippen LogP contribution < -0.4 is 15.4 Å². The van der Waals surface area contributed by atoms with Crippen LogP contribution in [0.1, 0.15) is 18.4 Å². The van der Waals surface area contributed by atoms with Crippen LogP contribution in [0, 0.1) is 5.82 Å². The number of para-hydroxylation sites is 2. The van der Waals surface area contributed by atoms with Crippen molar-refractivity contribution in [1.29, 1.82) is 0 Å². The lowest BCUT2D eigenvalue weighted by Crippen LogP contribution is -2.46. The lowest BCUT2D eigenvalue weighted by Gasteiger charge is -2.38. The fourth-order valence-corrected chi connectivity index (χ4v) is 5.27. The second-order valence-corrected chi connectivity index (χ2v) is 12.7. The summed E-state index contributed by atoms with van der Waals surface area (Å²) in [5.41, 5.74) is 2.71. The Morgan fingerprint density at radius 3 is 2.47 bits per heavy atom. The molecule has 9 nitrogen and oxygen atoms in total. The molecule has 2 aromatic heterocycles. The molecule has 2 aromatic carbocycles. The quantitative estimate of drug-likeness (QED) is 0.308. The average Bonchev–Trinajstić information content (AvgIpc) is 3.26. The molecule has 11 heteroatoms. The summed E-state index contributed by atoms with van der Waals surface area (Å²) in [4.78, 5) is 26.3. The van der Waals surface area contributed by atoms with Gasteiger partial charge in [0, 0.05) is 51.8 Å². The third-order valence-corrected chi connectivity index (χ3v) is 7.65. The highest BCUT2D eigenvalue weighted by molar-refractivity contribution is 7.57. The molecule has 0 aliphatic carbocycles. The molecule has 1 aliphatic rings. The molecule has 0 radical (unpaired) electrons. The highest BCUT2D eigenvalue weighted by Crippen LogP contribution is 2.37. The van der Waals surface area contributed by atoms with Crippen molar-refractivity contribution in [2.24, 2.45) is 0 Å². The lowest BCUT2D eigenvalue weighted by molar-refractivity contribution is 0.237. The van der Waals surface area contributed by atoms with Gasteiger partial charge in [-0.25, -0.2) is 14.4 Å². The summed E-state index contributed by atoms with van der Waals surface area (Å²) < 4.78 is 34.6. The van der Waals surface area contributed by atoms with Crippen LogP contribution in [0.3, 0.4) is 0 Å². The molecule has 1 saturated heterocycles. The molecular formula is C27H32FN6O3P. The van der Waals surface area contributed by atoms with Crippen LogP contribution in [0.5, 0.6) is 0 Å². The van der Waals surface area contributed by atoms with Crippen LogP contribution in [-0.2, 0) is 22.4 Å². The molecule has 4 aromatic rings. The number of benzene rings is 2. The minimum atomic E-state index is -2.76. The van der Waals surface area contributed by atoms with E-state index in [0.29, 0.717) is 12.5 Å². The summed E-state index contributed by atoms with van der Waals surface area (Å²) >= 11 is 0. The first-order valence-electron chi connectivity index (χ1n) is 12.6. The Bertz CT molecular complexity index is 1520. The van der Waals surface area contributed by atoms with Gasteiger partial charge in [0.25, 0.3) is 5.56 Å². The van der Waals surface area contributed by atoms with Gasteiger partial charge in [0.1, 0.15) is 12.5 Å². The first-order chi connectivity index (χ1) is 18.2. The Morgan fingerprint density at radius 1 is 1.05 bits per heavy atom. The fraction of sp³-hybridized carbons (Fsp3) is 0.370. The largest absolute Gasteiger partial charge is 0.342 e. The number of hydrogen-bond acceptors (Lipinski definition) is 7. The third kappa shape index (κ3) is 5.66. The number of piperidine rings is 1. The van der Waals surface area contributed by atoms with Crippen molar-refractivity contribution in [2.75, 3.05) is 43.3 Å². The monoisotopic (exact) mass is 538 g/mol. The summed E-state index contributed by atoms with van der Waals surface area (Å²) in [6, 6.07) is 16.2. The van der Waals surface area contributed by atoms with Gasteiger partial charge in [-0.05, 0) is 42.7 Å². The van der Waals surface area contributed by atoms with E-state index in [1.165, 1.54) is 42.3 Å². The number of anilines is 2. The minimum absolute atomic E-state index is 0.108. The number of hydrogen-bond donors (Lipinski definition) is 0. The van der Waals surface area contributed by atoms with Gasteiger partial charge in [-0.3, -0.25) is 13.9 Å². The zero-order chi connectivity index (χ0) is 26.9. The standard InChI is InChI=1S/C27H32FN6O3P/c1-31(26-29-15-12-25(35)34(26)19-37-38(2,3)36)22-13-16-32(17-14-22)27-30-23-6-4-5-7-24(23)33(27)18-20-8-10-21(28)11-9-20/h4-12,15,22H,13-14,16-19H2,1-3H3. The fourth-order valence-electron chi connectivity index (χ4n) is 4.87. The van der Waals surface area contributed by atoms with Crippen LogP contribution in [0.4, 0.5) is 16.3 Å². The van der Waals surface area contributed by atoms with Crippen molar-refractivity contribution in [2.45, 2.75) is 32.2 Å². The zero-order valence-electron chi connectivity index (χ0n) is 21.8. The Balaban J connectivity index is 1.35. The van der Waals surface area contributed by atoms with E-state index in [1.54, 1.807) is 12.1 Å². The minimum Gasteiger partial charge on any atom is -0.342 e. The topological polar surface area (TPSA) is 85.5 Å². The Kier molecular flexibility index (Phi) is 7.36. The lowest BCUT2D eigenvalue weighted by atomic mass is 10.0. The van der Waals surface area contributed by atoms with Crippen LogP contribution >= 0.6 is 7.37 Å². The van der Waals surface area contributed by atoms with E-state index < -0.39 is 7.37 Å². The summed E-state index contributed by atoms with van der Waals surface area (Å²) in [6.45, 7) is 5.08. The molecule has 0 N–H and O–H groups in total. The highest BCUT2D eigenvalue weighted by atomic mass is 31.2. The summed E-state index contributed by atoms with van der Waals surface area (Å²) in [7, 11) is -0.831. The Hall–Kier alpha value is -3.49. The molecule has 0 bridgehead atoms. The number of aromatic nitrogens is 4. The summed E-state index contributed by atoms with van der Waals surface area (Å²) in [6.07, 6.45) is 3.17. The van der Waals surface area contributed by atoms with Crippen molar-refractivity contribution >= 4 is 30.3 Å². The van der Waals surface area contributed by atoms with Crippen LogP contribution in [0.15, 0.2) is 65.6 Å². The molecule has 3 heterocycles. The van der Waals surface area contributed by atoms with Crippen LogP contribution in [0.25, 0.3) is 11.0 Å². The van der Waals surface area contributed by atoms with E-state index in [9.17, 15) is 13.8 Å². The van der Waals surface area contributed by atoms with E-state index in [4.69, 9.17) is 9.51 Å². The average molecular weight is 539 g/mol. The van der Waals surface area contributed by atoms with E-state index in [0.717, 1.165) is 48.5 Å². The molecule has 0 unspecified atom stereocenters. The molecule has 0 saturated carbocycles.